The molecule has 1 amide bonds. The predicted molar refractivity (Wildman–Crippen MR) is 246 cm³/mol. The van der Waals surface area contributed by atoms with E-state index in [0.717, 1.165) is 11.3 Å². The van der Waals surface area contributed by atoms with Gasteiger partial charge in [0, 0.05) is 56.1 Å². The standard InChI is InChI=1S/C44H63N3O14S3/c1-7-33(47(26-12-9-10-19-40(48)49)38-22-20-35(64(57,58)59)30-32(38)16-11-13-28-62(51,52)53)17-14-18-34-31-37(44(3,4)5)36-21-23-39(46(8-2)25-15-29-63(54,55)56)41(42(36)61-34)43(50)45-24-27-60-6/h14,17-18,20-23,30-31H,7-13,15-16,19,24-29H2,1-6H3,(H4-,45,48,49,50,51,52,53,54,55,56,57,58,59)/p+1. The number of anilines is 1. The highest BCUT2D eigenvalue weighted by Gasteiger charge is 2.30. The molecule has 64 heavy (non-hydrogen) atoms. The molecule has 1 aliphatic heterocycles. The normalized spacial score (nSPS) is 13.4. The fourth-order valence-electron chi connectivity index (χ4n) is 7.27. The number of aliphatic carboxylic acids is 1. The molecule has 0 bridgehead atoms. The van der Waals surface area contributed by atoms with E-state index in [4.69, 9.17) is 9.15 Å². The minimum absolute atomic E-state index is 0.00433. The summed E-state index contributed by atoms with van der Waals surface area (Å²) in [4.78, 5) is 26.9. The van der Waals surface area contributed by atoms with Crippen LogP contribution in [-0.4, -0.2) is 107 Å². The number of carbonyl (C=O) groups is 2. The number of amides is 1. The molecule has 0 radical (unpaired) electrons. The van der Waals surface area contributed by atoms with Gasteiger partial charge in [0.15, 0.2) is 11.3 Å². The molecule has 0 spiro atoms. The Labute approximate surface area is 377 Å². The first-order valence-electron chi connectivity index (χ1n) is 21.2. The number of hydrogen-bond donors (Lipinski definition) is 5. The molecule has 20 heteroatoms. The van der Waals surface area contributed by atoms with Crippen molar-refractivity contribution in [2.45, 2.75) is 103 Å². The summed E-state index contributed by atoms with van der Waals surface area (Å²) in [6, 6.07) is 9.76. The first-order valence-corrected chi connectivity index (χ1v) is 25.9. The Kier molecular flexibility index (Phi) is 20.4. The summed E-state index contributed by atoms with van der Waals surface area (Å²) in [5.41, 5.74) is 3.24. The lowest BCUT2D eigenvalue weighted by Gasteiger charge is -2.30. The van der Waals surface area contributed by atoms with Gasteiger partial charge >= 0.3 is 5.97 Å². The number of allylic oxidation sites excluding steroid dienone is 3. The SMILES string of the molecule is CC/C(=C\C=C\c1cc(C(C)(C)C)c2ccc(=[N+](CC)CCCS(=O)(=O)O)c(C(=O)NCCOC)c-2o1)N(CCCCCC(=O)O)c1ccc(S(=O)(=O)O)cc1CCCCS(=O)(=O)O. The molecule has 3 rings (SSSR count). The van der Waals surface area contributed by atoms with E-state index < -0.39 is 59.2 Å². The van der Waals surface area contributed by atoms with E-state index in [2.05, 4.69) is 5.32 Å². The maximum absolute atomic E-state index is 14.1. The lowest BCUT2D eigenvalue weighted by atomic mass is 9.82. The number of carbonyl (C=O) groups excluding carboxylic acids is 1. The van der Waals surface area contributed by atoms with E-state index in [0.29, 0.717) is 72.5 Å². The van der Waals surface area contributed by atoms with Crippen LogP contribution in [0.4, 0.5) is 5.69 Å². The summed E-state index contributed by atoms with van der Waals surface area (Å²) < 4.78 is 113. The van der Waals surface area contributed by atoms with Crippen molar-refractivity contribution in [3.8, 4) is 11.3 Å². The Morgan fingerprint density at radius 2 is 1.58 bits per heavy atom. The van der Waals surface area contributed by atoms with Gasteiger partial charge in [-0.05, 0) is 104 Å². The molecule has 17 nitrogen and oxygen atoms in total. The number of rotatable bonds is 26. The average molecular weight is 955 g/mol. The number of nitrogens with one attached hydrogen (secondary N) is 1. The van der Waals surface area contributed by atoms with Gasteiger partial charge in [-0.15, -0.1) is 0 Å². The van der Waals surface area contributed by atoms with Gasteiger partial charge in [-0.25, -0.2) is 4.58 Å². The summed E-state index contributed by atoms with van der Waals surface area (Å²) in [5, 5.41) is 12.6. The summed E-state index contributed by atoms with van der Waals surface area (Å²) in [7, 11) is -11.5. The van der Waals surface area contributed by atoms with Gasteiger partial charge in [0.05, 0.1) is 23.0 Å². The number of benzene rings is 2. The molecule has 0 saturated heterocycles. The van der Waals surface area contributed by atoms with Gasteiger partial charge < -0.3 is 24.5 Å². The van der Waals surface area contributed by atoms with Crippen LogP contribution in [0, 0.1) is 0 Å². The molecule has 0 fully saturated rings. The quantitative estimate of drug-likeness (QED) is 0.0266. The second-order valence-corrected chi connectivity index (χ2v) is 20.9. The summed E-state index contributed by atoms with van der Waals surface area (Å²) in [6.07, 6.45) is 8.11. The average Bonchev–Trinajstić information content (AvgIpc) is 3.19. The third-order valence-electron chi connectivity index (χ3n) is 10.4. The van der Waals surface area contributed by atoms with Crippen molar-refractivity contribution < 1.29 is 62.8 Å². The molecular formula is C44H64N3O14S3+. The molecule has 0 atom stereocenters. The fraction of sp³-hybridized carbons (Fsp3) is 0.523. The first-order chi connectivity index (χ1) is 29.9. The van der Waals surface area contributed by atoms with Crippen LogP contribution in [0.1, 0.15) is 113 Å². The Bertz CT molecular complexity index is 2520. The smallest absolute Gasteiger partial charge is 0.303 e. The van der Waals surface area contributed by atoms with E-state index >= 15 is 0 Å². The van der Waals surface area contributed by atoms with E-state index in [-0.39, 0.29) is 62.3 Å². The van der Waals surface area contributed by atoms with Crippen molar-refractivity contribution >= 4 is 54.0 Å². The van der Waals surface area contributed by atoms with E-state index in [1.165, 1.54) is 19.2 Å². The molecule has 1 aromatic carbocycles. The van der Waals surface area contributed by atoms with E-state index in [1.807, 2.05) is 68.4 Å². The predicted octanol–water partition coefficient (Wildman–Crippen LogP) is 6.04. The minimum atomic E-state index is -4.60. The van der Waals surface area contributed by atoms with Crippen molar-refractivity contribution in [1.29, 1.82) is 0 Å². The van der Waals surface area contributed by atoms with Crippen LogP contribution in [0.2, 0.25) is 0 Å². The number of fused-ring (bicyclic) bond motifs is 1. The maximum atomic E-state index is 14.1. The van der Waals surface area contributed by atoms with Crippen molar-refractivity contribution in [3.63, 3.8) is 0 Å². The fourth-order valence-corrected chi connectivity index (χ4v) is 8.86. The second kappa shape index (κ2) is 24.2. The Hall–Kier alpha value is -4.44. The molecule has 1 heterocycles. The molecule has 0 unspecified atom stereocenters. The molecular weight excluding hydrogens is 891 g/mol. The molecule has 356 valence electrons. The third-order valence-corrected chi connectivity index (χ3v) is 12.8. The van der Waals surface area contributed by atoms with Gasteiger partial charge in [0.25, 0.3) is 36.3 Å². The molecule has 1 aliphatic carbocycles. The highest BCUT2D eigenvalue weighted by molar-refractivity contribution is 7.86. The first kappa shape index (κ1) is 53.9. The molecule has 0 saturated carbocycles. The molecule has 0 aromatic heterocycles. The number of aryl methyl sites for hydroxylation is 1. The van der Waals surface area contributed by atoms with Gasteiger partial charge in [-0.2, -0.15) is 25.3 Å². The number of methoxy groups -OCH3 is 1. The maximum Gasteiger partial charge on any atom is 0.303 e. The van der Waals surface area contributed by atoms with Crippen molar-refractivity contribution in [3.05, 3.63) is 82.1 Å². The molecule has 2 aliphatic rings. The van der Waals surface area contributed by atoms with Crippen molar-refractivity contribution in [1.82, 2.24) is 9.89 Å². The van der Waals surface area contributed by atoms with Crippen LogP contribution in [0.15, 0.2) is 63.6 Å². The number of ether oxygens (including phenoxy) is 1. The number of unbranched alkanes of at least 4 members (excludes halogenated alkanes) is 3. The van der Waals surface area contributed by atoms with Crippen LogP contribution in [-0.2, 0) is 51.7 Å². The van der Waals surface area contributed by atoms with Crippen LogP contribution in [0.3, 0.4) is 0 Å². The summed E-state index contributed by atoms with van der Waals surface area (Å²) in [6.45, 7) is 11.4. The van der Waals surface area contributed by atoms with Gasteiger partial charge in [-0.1, -0.05) is 40.2 Å². The van der Waals surface area contributed by atoms with Crippen molar-refractivity contribution in [2.75, 3.05) is 56.3 Å². The summed E-state index contributed by atoms with van der Waals surface area (Å²) >= 11 is 0. The van der Waals surface area contributed by atoms with Gasteiger partial charge in [0.1, 0.15) is 18.8 Å². The number of nitrogens with zero attached hydrogens (tertiary/aromatic N) is 2. The van der Waals surface area contributed by atoms with Crippen LogP contribution >= 0.6 is 0 Å². The van der Waals surface area contributed by atoms with E-state index in [1.54, 1.807) is 18.2 Å². The highest BCUT2D eigenvalue weighted by Crippen LogP contribution is 2.37. The lowest BCUT2D eigenvalue weighted by molar-refractivity contribution is -0.137. The molecule has 1 aromatic rings. The largest absolute Gasteiger partial charge is 0.481 e. The monoisotopic (exact) mass is 954 g/mol. The lowest BCUT2D eigenvalue weighted by Crippen LogP contribution is -2.40. The Morgan fingerprint density at radius 1 is 0.891 bits per heavy atom. The second-order valence-electron chi connectivity index (χ2n) is 16.4. The third kappa shape index (κ3) is 17.2. The topological polar surface area (TPSA) is 258 Å². The van der Waals surface area contributed by atoms with Crippen LogP contribution < -0.4 is 20.1 Å². The van der Waals surface area contributed by atoms with Gasteiger partial charge in [0.2, 0.25) is 5.36 Å². The van der Waals surface area contributed by atoms with E-state index in [9.17, 15) is 53.6 Å². The summed E-state index contributed by atoms with van der Waals surface area (Å²) in [5.74, 6) is -1.58. The number of carboxylic acids is 1. The molecule has 5 N–H and O–H groups in total. The zero-order chi connectivity index (χ0) is 47.9. The minimum Gasteiger partial charge on any atom is -0.481 e. The Balaban J connectivity index is 2.28. The number of carboxylic acid groups (broad SMARTS) is 1. The van der Waals surface area contributed by atoms with Gasteiger partial charge in [-0.3, -0.25) is 23.2 Å². The van der Waals surface area contributed by atoms with Crippen LogP contribution in [0.25, 0.3) is 17.4 Å². The zero-order valence-electron chi connectivity index (χ0n) is 37.5. The Morgan fingerprint density at radius 3 is 2.17 bits per heavy atom. The highest BCUT2D eigenvalue weighted by atomic mass is 32.2. The van der Waals surface area contributed by atoms with Crippen LogP contribution in [0.5, 0.6) is 0 Å². The zero-order valence-corrected chi connectivity index (χ0v) is 39.9. The number of hydrogen-bond acceptors (Lipinski definition) is 11. The van der Waals surface area contributed by atoms with Crippen molar-refractivity contribution in [2.24, 2.45) is 0 Å².